The minimum Gasteiger partial charge on any atom is -0.480 e. The molecule has 1 aliphatic heterocycles. The number of aliphatic carboxylic acids is 1. The van der Waals surface area contributed by atoms with Gasteiger partial charge in [0.05, 0.1) is 6.10 Å². The molecule has 0 unspecified atom stereocenters. The molecular formula is C16H20N2O3. The van der Waals surface area contributed by atoms with Gasteiger partial charge in [-0.05, 0) is 24.5 Å². The molecule has 112 valence electrons. The number of hydrogen-bond acceptors (Lipinski definition) is 3. The molecule has 0 bridgehead atoms. The number of carbonyl (C=O) groups is 1. The molecule has 0 amide bonds. The van der Waals surface area contributed by atoms with E-state index < -0.39 is 5.97 Å². The Morgan fingerprint density at radius 1 is 1.43 bits per heavy atom. The van der Waals surface area contributed by atoms with Crippen LogP contribution < -0.4 is 5.32 Å². The summed E-state index contributed by atoms with van der Waals surface area (Å²) in [6.45, 7) is 2.43. The van der Waals surface area contributed by atoms with Gasteiger partial charge in [0.1, 0.15) is 6.54 Å². The van der Waals surface area contributed by atoms with Crippen LogP contribution in [-0.4, -0.2) is 34.9 Å². The van der Waals surface area contributed by atoms with Crippen molar-refractivity contribution in [1.29, 1.82) is 0 Å². The highest BCUT2D eigenvalue weighted by molar-refractivity contribution is 5.85. The summed E-state index contributed by atoms with van der Waals surface area (Å²) in [4.78, 5) is 11.0. The smallest absolute Gasteiger partial charge is 0.323 e. The highest BCUT2D eigenvalue weighted by Crippen LogP contribution is 2.21. The minimum absolute atomic E-state index is 0.00769. The molecule has 0 aliphatic carbocycles. The zero-order valence-corrected chi connectivity index (χ0v) is 11.9. The normalized spacial score (nSPS) is 18.4. The lowest BCUT2D eigenvalue weighted by Crippen LogP contribution is -2.25. The topological polar surface area (TPSA) is 63.5 Å². The fourth-order valence-corrected chi connectivity index (χ4v) is 2.91. The maximum atomic E-state index is 11.0. The van der Waals surface area contributed by atoms with Crippen molar-refractivity contribution in [1.82, 2.24) is 9.88 Å². The molecule has 5 nitrogen and oxygen atoms in total. The van der Waals surface area contributed by atoms with Crippen LogP contribution in [0.2, 0.25) is 0 Å². The van der Waals surface area contributed by atoms with Crippen molar-refractivity contribution in [2.75, 3.05) is 13.2 Å². The lowest BCUT2D eigenvalue weighted by Gasteiger charge is -2.10. The summed E-state index contributed by atoms with van der Waals surface area (Å²) in [6.07, 6.45) is 4.51. The van der Waals surface area contributed by atoms with E-state index in [1.807, 2.05) is 30.5 Å². The van der Waals surface area contributed by atoms with Crippen LogP contribution in [0.25, 0.3) is 10.9 Å². The Morgan fingerprint density at radius 3 is 3.05 bits per heavy atom. The van der Waals surface area contributed by atoms with E-state index in [-0.39, 0.29) is 6.54 Å². The molecule has 3 rings (SSSR count). The molecule has 0 saturated carbocycles. The molecule has 1 aromatic heterocycles. The van der Waals surface area contributed by atoms with E-state index in [2.05, 4.69) is 5.32 Å². The SMILES string of the molecule is O=C(O)Cn1cc(CNC[C@H]2CCCO2)c2ccccc21. The second kappa shape index (κ2) is 6.28. The van der Waals surface area contributed by atoms with Crippen LogP contribution in [0.5, 0.6) is 0 Å². The molecule has 1 aromatic carbocycles. The number of nitrogens with zero attached hydrogens (tertiary/aromatic N) is 1. The third-order valence-electron chi connectivity index (χ3n) is 3.89. The van der Waals surface area contributed by atoms with Crippen LogP contribution in [0, 0.1) is 0 Å². The van der Waals surface area contributed by atoms with E-state index in [9.17, 15) is 4.79 Å². The van der Waals surface area contributed by atoms with Gasteiger partial charge in [-0.15, -0.1) is 0 Å². The minimum atomic E-state index is -0.824. The Morgan fingerprint density at radius 2 is 2.29 bits per heavy atom. The van der Waals surface area contributed by atoms with E-state index in [0.717, 1.165) is 49.0 Å². The van der Waals surface area contributed by atoms with E-state index in [0.29, 0.717) is 6.10 Å². The van der Waals surface area contributed by atoms with Crippen molar-refractivity contribution in [3.63, 3.8) is 0 Å². The number of hydrogen-bond donors (Lipinski definition) is 2. The van der Waals surface area contributed by atoms with Gasteiger partial charge in [0.2, 0.25) is 0 Å². The van der Waals surface area contributed by atoms with Gasteiger partial charge >= 0.3 is 5.97 Å². The number of rotatable bonds is 6. The Kier molecular flexibility index (Phi) is 4.22. The zero-order chi connectivity index (χ0) is 14.7. The Balaban J connectivity index is 1.73. The standard InChI is InChI=1S/C16H20N2O3/c19-16(20)11-18-10-12(14-5-1-2-6-15(14)18)8-17-9-13-4-3-7-21-13/h1-2,5-6,10,13,17H,3-4,7-9,11H2,(H,19,20)/t13-/m1/s1. The second-order valence-electron chi connectivity index (χ2n) is 5.46. The number of benzene rings is 1. The molecule has 0 spiro atoms. The number of ether oxygens (including phenoxy) is 1. The maximum Gasteiger partial charge on any atom is 0.323 e. The molecule has 0 radical (unpaired) electrons. The summed E-state index contributed by atoms with van der Waals surface area (Å²) in [7, 11) is 0. The molecule has 1 aliphatic rings. The van der Waals surface area contributed by atoms with Gasteiger partial charge in [-0.1, -0.05) is 18.2 Å². The monoisotopic (exact) mass is 288 g/mol. The maximum absolute atomic E-state index is 11.0. The molecule has 2 aromatic rings. The van der Waals surface area contributed by atoms with E-state index in [1.54, 1.807) is 4.57 Å². The first kappa shape index (κ1) is 14.1. The quantitative estimate of drug-likeness (QED) is 0.853. The Labute approximate surface area is 123 Å². The number of carboxylic acids is 1. The van der Waals surface area contributed by atoms with Crippen molar-refractivity contribution in [3.05, 3.63) is 36.0 Å². The third-order valence-corrected chi connectivity index (χ3v) is 3.89. The van der Waals surface area contributed by atoms with Crippen LogP contribution in [0.1, 0.15) is 18.4 Å². The lowest BCUT2D eigenvalue weighted by atomic mass is 10.1. The fraction of sp³-hybridized carbons (Fsp3) is 0.438. The molecule has 1 fully saturated rings. The number of para-hydroxylation sites is 1. The van der Waals surface area contributed by atoms with Crippen LogP contribution in [0.4, 0.5) is 0 Å². The van der Waals surface area contributed by atoms with Gasteiger partial charge in [-0.25, -0.2) is 0 Å². The largest absolute Gasteiger partial charge is 0.480 e. The molecule has 1 saturated heterocycles. The van der Waals surface area contributed by atoms with Gasteiger partial charge < -0.3 is 19.7 Å². The molecular weight excluding hydrogens is 268 g/mol. The predicted octanol–water partition coefficient (Wildman–Crippen LogP) is 1.99. The van der Waals surface area contributed by atoms with Gasteiger partial charge in [0, 0.05) is 36.8 Å². The summed E-state index contributed by atoms with van der Waals surface area (Å²) in [5.41, 5.74) is 2.10. The van der Waals surface area contributed by atoms with Gasteiger partial charge in [-0.2, -0.15) is 0 Å². The molecule has 5 heteroatoms. The van der Waals surface area contributed by atoms with Crippen LogP contribution >= 0.6 is 0 Å². The first-order valence-electron chi connectivity index (χ1n) is 7.35. The number of carboxylic acid groups (broad SMARTS) is 1. The van der Waals surface area contributed by atoms with E-state index in [1.165, 1.54) is 0 Å². The van der Waals surface area contributed by atoms with E-state index >= 15 is 0 Å². The average molecular weight is 288 g/mol. The van der Waals surface area contributed by atoms with Crippen LogP contribution in [0.3, 0.4) is 0 Å². The first-order valence-corrected chi connectivity index (χ1v) is 7.35. The number of nitrogens with one attached hydrogen (secondary N) is 1. The number of fused-ring (bicyclic) bond motifs is 1. The van der Waals surface area contributed by atoms with Crippen molar-refractivity contribution in [2.24, 2.45) is 0 Å². The van der Waals surface area contributed by atoms with Crippen LogP contribution in [-0.2, 0) is 22.6 Å². The summed E-state index contributed by atoms with van der Waals surface area (Å²) in [6, 6.07) is 7.92. The Bertz CT molecular complexity index is 629. The molecule has 1 atom stereocenters. The van der Waals surface area contributed by atoms with Crippen molar-refractivity contribution < 1.29 is 14.6 Å². The lowest BCUT2D eigenvalue weighted by molar-refractivity contribution is -0.137. The Hall–Kier alpha value is -1.85. The molecule has 2 heterocycles. The molecule has 21 heavy (non-hydrogen) atoms. The second-order valence-corrected chi connectivity index (χ2v) is 5.46. The summed E-state index contributed by atoms with van der Waals surface area (Å²) < 4.78 is 7.38. The highest BCUT2D eigenvalue weighted by atomic mass is 16.5. The summed E-state index contributed by atoms with van der Waals surface area (Å²) in [5.74, 6) is -0.824. The fourth-order valence-electron chi connectivity index (χ4n) is 2.91. The van der Waals surface area contributed by atoms with E-state index in [4.69, 9.17) is 9.84 Å². The van der Waals surface area contributed by atoms with Gasteiger partial charge in [0.15, 0.2) is 0 Å². The predicted molar refractivity (Wildman–Crippen MR) is 80.3 cm³/mol. The summed E-state index contributed by atoms with van der Waals surface area (Å²) in [5, 5.41) is 13.5. The van der Waals surface area contributed by atoms with Gasteiger partial charge in [-0.3, -0.25) is 4.79 Å². The van der Waals surface area contributed by atoms with Gasteiger partial charge in [0.25, 0.3) is 0 Å². The van der Waals surface area contributed by atoms with Crippen LogP contribution in [0.15, 0.2) is 30.5 Å². The highest BCUT2D eigenvalue weighted by Gasteiger charge is 2.15. The first-order chi connectivity index (χ1) is 10.2. The summed E-state index contributed by atoms with van der Waals surface area (Å²) >= 11 is 0. The van der Waals surface area contributed by atoms with Crippen molar-refractivity contribution in [2.45, 2.75) is 32.0 Å². The van der Waals surface area contributed by atoms with Crippen molar-refractivity contribution >= 4 is 16.9 Å². The molecule has 2 N–H and O–H groups in total. The van der Waals surface area contributed by atoms with Crippen molar-refractivity contribution in [3.8, 4) is 0 Å². The third kappa shape index (κ3) is 3.25. The average Bonchev–Trinajstić information content (AvgIpc) is 3.08. The zero-order valence-electron chi connectivity index (χ0n) is 11.9. The number of aromatic nitrogens is 1.